The molecule has 0 amide bonds. The van der Waals surface area contributed by atoms with Crippen LogP contribution in [-0.2, 0) is 6.54 Å². The van der Waals surface area contributed by atoms with Gasteiger partial charge in [0, 0.05) is 13.1 Å². The summed E-state index contributed by atoms with van der Waals surface area (Å²) in [4.78, 5) is 0. The summed E-state index contributed by atoms with van der Waals surface area (Å²) in [6.45, 7) is 1.03. The molecule has 1 aromatic carbocycles. The van der Waals surface area contributed by atoms with Gasteiger partial charge < -0.3 is 10.4 Å². The van der Waals surface area contributed by atoms with E-state index in [4.69, 9.17) is 5.11 Å². The van der Waals surface area contributed by atoms with Crippen molar-refractivity contribution in [2.75, 3.05) is 6.54 Å². The van der Waals surface area contributed by atoms with Gasteiger partial charge in [-0.05, 0) is 23.3 Å². The highest BCUT2D eigenvalue weighted by Crippen LogP contribution is 2.27. The second kappa shape index (κ2) is 2.75. The standard InChI is InChI=1S/C9H10FNO/c10-9-5-11-4-6-1-2-7(12)3-8(6)9/h1-3,9,11-12H,4-5H2. The SMILES string of the molecule is Oc1ccc2c(c1)C(F)CNC2. The van der Waals surface area contributed by atoms with Crippen molar-refractivity contribution in [3.05, 3.63) is 29.3 Å². The average molecular weight is 167 g/mol. The zero-order chi connectivity index (χ0) is 8.55. The molecule has 3 heteroatoms. The highest BCUT2D eigenvalue weighted by molar-refractivity contribution is 5.37. The van der Waals surface area contributed by atoms with E-state index in [1.54, 1.807) is 12.1 Å². The Kier molecular flexibility index (Phi) is 1.73. The molecule has 1 aliphatic heterocycles. The number of hydrogen-bond donors (Lipinski definition) is 2. The number of halogens is 1. The van der Waals surface area contributed by atoms with E-state index in [-0.39, 0.29) is 5.75 Å². The van der Waals surface area contributed by atoms with E-state index < -0.39 is 6.17 Å². The van der Waals surface area contributed by atoms with Crippen LogP contribution in [0.4, 0.5) is 4.39 Å². The predicted octanol–water partition coefficient (Wildman–Crippen LogP) is 1.51. The highest BCUT2D eigenvalue weighted by Gasteiger charge is 2.18. The Hall–Kier alpha value is -1.09. The third-order valence-electron chi connectivity index (χ3n) is 2.11. The van der Waals surface area contributed by atoms with Crippen LogP contribution >= 0.6 is 0 Å². The predicted molar refractivity (Wildman–Crippen MR) is 43.7 cm³/mol. The topological polar surface area (TPSA) is 32.3 Å². The molecule has 1 unspecified atom stereocenters. The van der Waals surface area contributed by atoms with Crippen molar-refractivity contribution in [3.63, 3.8) is 0 Å². The fourth-order valence-corrected chi connectivity index (χ4v) is 1.48. The van der Waals surface area contributed by atoms with Crippen LogP contribution in [-0.4, -0.2) is 11.7 Å². The van der Waals surface area contributed by atoms with Crippen LogP contribution in [0.2, 0.25) is 0 Å². The first-order chi connectivity index (χ1) is 5.77. The fraction of sp³-hybridized carbons (Fsp3) is 0.333. The van der Waals surface area contributed by atoms with E-state index in [9.17, 15) is 4.39 Å². The van der Waals surface area contributed by atoms with E-state index in [0.29, 0.717) is 18.7 Å². The normalized spacial score (nSPS) is 21.9. The molecule has 0 saturated heterocycles. The van der Waals surface area contributed by atoms with Gasteiger partial charge in [-0.1, -0.05) is 6.07 Å². The fourth-order valence-electron chi connectivity index (χ4n) is 1.48. The molecule has 1 heterocycles. The summed E-state index contributed by atoms with van der Waals surface area (Å²) in [5.41, 5.74) is 1.56. The maximum atomic E-state index is 13.2. The highest BCUT2D eigenvalue weighted by atomic mass is 19.1. The second-order valence-electron chi connectivity index (χ2n) is 2.98. The lowest BCUT2D eigenvalue weighted by atomic mass is 9.99. The summed E-state index contributed by atoms with van der Waals surface area (Å²) in [6, 6.07) is 4.84. The Bertz CT molecular complexity index is 301. The summed E-state index contributed by atoms with van der Waals surface area (Å²) in [5.74, 6) is 0.137. The lowest BCUT2D eigenvalue weighted by Crippen LogP contribution is -2.25. The molecule has 0 saturated carbocycles. The molecule has 0 bridgehead atoms. The molecule has 12 heavy (non-hydrogen) atoms. The minimum atomic E-state index is -0.985. The van der Waals surface area contributed by atoms with Crippen molar-refractivity contribution < 1.29 is 9.50 Å². The van der Waals surface area contributed by atoms with Gasteiger partial charge in [-0.15, -0.1) is 0 Å². The first-order valence-corrected chi connectivity index (χ1v) is 3.94. The van der Waals surface area contributed by atoms with E-state index >= 15 is 0 Å². The first kappa shape index (κ1) is 7.55. The Morgan fingerprint density at radius 3 is 3.17 bits per heavy atom. The van der Waals surface area contributed by atoms with Gasteiger partial charge in [-0.25, -0.2) is 4.39 Å². The number of phenolic OH excluding ortho intramolecular Hbond substituents is 1. The van der Waals surface area contributed by atoms with Crippen molar-refractivity contribution in [2.24, 2.45) is 0 Å². The molecule has 0 aliphatic carbocycles. The lowest BCUT2D eigenvalue weighted by Gasteiger charge is -2.20. The van der Waals surface area contributed by atoms with Gasteiger partial charge in [0.1, 0.15) is 11.9 Å². The molecule has 2 rings (SSSR count). The number of alkyl halides is 1. The molecule has 1 aliphatic rings. The average Bonchev–Trinajstić information content (AvgIpc) is 2.07. The summed E-state index contributed by atoms with van der Waals surface area (Å²) in [7, 11) is 0. The lowest BCUT2D eigenvalue weighted by molar-refractivity contribution is 0.309. The Morgan fingerprint density at radius 2 is 2.33 bits per heavy atom. The van der Waals surface area contributed by atoms with Gasteiger partial charge >= 0.3 is 0 Å². The van der Waals surface area contributed by atoms with Crippen LogP contribution in [0.15, 0.2) is 18.2 Å². The van der Waals surface area contributed by atoms with E-state index in [1.165, 1.54) is 6.07 Å². The van der Waals surface area contributed by atoms with Crippen molar-refractivity contribution >= 4 is 0 Å². The third-order valence-corrected chi connectivity index (χ3v) is 2.11. The van der Waals surface area contributed by atoms with Crippen LogP contribution in [0.5, 0.6) is 5.75 Å². The number of fused-ring (bicyclic) bond motifs is 1. The molecule has 0 spiro atoms. The molecule has 1 aromatic rings. The minimum Gasteiger partial charge on any atom is -0.508 e. The third kappa shape index (κ3) is 1.16. The summed E-state index contributed by atoms with van der Waals surface area (Å²) in [5, 5.41) is 12.1. The van der Waals surface area contributed by atoms with Gasteiger partial charge in [0.2, 0.25) is 0 Å². The molecular formula is C9H10FNO. The van der Waals surface area contributed by atoms with E-state index in [2.05, 4.69) is 5.32 Å². The van der Waals surface area contributed by atoms with Crippen LogP contribution in [0.1, 0.15) is 17.3 Å². The maximum Gasteiger partial charge on any atom is 0.138 e. The van der Waals surface area contributed by atoms with Crippen LogP contribution < -0.4 is 5.32 Å². The van der Waals surface area contributed by atoms with Crippen molar-refractivity contribution in [1.82, 2.24) is 5.32 Å². The van der Waals surface area contributed by atoms with Gasteiger partial charge in [0.25, 0.3) is 0 Å². The first-order valence-electron chi connectivity index (χ1n) is 3.94. The molecule has 2 nitrogen and oxygen atoms in total. The monoisotopic (exact) mass is 167 g/mol. The van der Waals surface area contributed by atoms with E-state index in [0.717, 1.165) is 5.56 Å². The van der Waals surface area contributed by atoms with Crippen molar-refractivity contribution in [1.29, 1.82) is 0 Å². The molecule has 1 atom stereocenters. The number of hydrogen-bond acceptors (Lipinski definition) is 2. The number of benzene rings is 1. The molecular weight excluding hydrogens is 157 g/mol. The summed E-state index contributed by atoms with van der Waals surface area (Å²) in [6.07, 6.45) is -0.985. The minimum absolute atomic E-state index is 0.137. The molecule has 64 valence electrons. The molecule has 0 aromatic heterocycles. The number of rotatable bonds is 0. The Labute approximate surface area is 70.0 Å². The second-order valence-corrected chi connectivity index (χ2v) is 2.98. The Morgan fingerprint density at radius 1 is 1.50 bits per heavy atom. The largest absolute Gasteiger partial charge is 0.508 e. The zero-order valence-corrected chi connectivity index (χ0v) is 6.55. The molecule has 0 fully saturated rings. The van der Waals surface area contributed by atoms with Crippen molar-refractivity contribution in [2.45, 2.75) is 12.7 Å². The smallest absolute Gasteiger partial charge is 0.138 e. The van der Waals surface area contributed by atoms with Crippen LogP contribution in [0.3, 0.4) is 0 Å². The van der Waals surface area contributed by atoms with Gasteiger partial charge in [-0.2, -0.15) is 0 Å². The summed E-state index contributed by atoms with van der Waals surface area (Å²) < 4.78 is 13.2. The van der Waals surface area contributed by atoms with Crippen LogP contribution in [0.25, 0.3) is 0 Å². The zero-order valence-electron chi connectivity index (χ0n) is 6.55. The summed E-state index contributed by atoms with van der Waals surface area (Å²) >= 11 is 0. The quantitative estimate of drug-likeness (QED) is 0.613. The maximum absolute atomic E-state index is 13.2. The van der Waals surface area contributed by atoms with Crippen LogP contribution in [0, 0.1) is 0 Å². The number of phenols is 1. The van der Waals surface area contributed by atoms with Gasteiger partial charge in [-0.3, -0.25) is 0 Å². The van der Waals surface area contributed by atoms with Gasteiger partial charge in [0.05, 0.1) is 0 Å². The van der Waals surface area contributed by atoms with E-state index in [1.807, 2.05) is 0 Å². The Balaban J connectivity index is 2.47. The van der Waals surface area contributed by atoms with Crippen molar-refractivity contribution in [3.8, 4) is 5.75 Å². The molecule has 2 N–H and O–H groups in total. The van der Waals surface area contributed by atoms with Gasteiger partial charge in [0.15, 0.2) is 0 Å². The number of nitrogens with one attached hydrogen (secondary N) is 1. The number of aromatic hydroxyl groups is 1. The molecule has 0 radical (unpaired) electrons.